The number of halogens is 1. The zero-order valence-corrected chi connectivity index (χ0v) is 14.1. The normalized spacial score (nSPS) is 20.2. The van der Waals surface area contributed by atoms with Crippen molar-refractivity contribution >= 4 is 44.7 Å². The maximum atomic E-state index is 12.4. The van der Waals surface area contributed by atoms with E-state index in [0.29, 0.717) is 35.3 Å². The first kappa shape index (κ1) is 16.5. The largest absolute Gasteiger partial charge is 0.389 e. The first-order valence-corrected chi connectivity index (χ1v) is 8.89. The highest BCUT2D eigenvalue weighted by atomic mass is 35.5. The van der Waals surface area contributed by atoms with Gasteiger partial charge in [-0.3, -0.25) is 4.72 Å². The maximum Gasteiger partial charge on any atom is 0.301 e. The van der Waals surface area contributed by atoms with E-state index < -0.39 is 10.2 Å². The van der Waals surface area contributed by atoms with Gasteiger partial charge in [0.2, 0.25) is 0 Å². The lowest BCUT2D eigenvalue weighted by atomic mass is 10.0. The van der Waals surface area contributed by atoms with Crippen LogP contribution < -0.4 is 10.5 Å². The van der Waals surface area contributed by atoms with Crippen LogP contribution in [0.25, 0.3) is 0 Å². The van der Waals surface area contributed by atoms with Gasteiger partial charge in [-0.25, -0.2) is 0 Å². The highest BCUT2D eigenvalue weighted by molar-refractivity contribution is 7.90. The minimum absolute atomic E-state index is 0.193. The number of nitrogens with one attached hydrogen (secondary N) is 1. The molecule has 1 atom stereocenters. The van der Waals surface area contributed by atoms with Gasteiger partial charge in [-0.1, -0.05) is 36.8 Å². The number of nitrogens with zero attached hydrogens (tertiary/aromatic N) is 1. The first-order chi connectivity index (χ1) is 9.79. The Labute approximate surface area is 135 Å². The van der Waals surface area contributed by atoms with Crippen LogP contribution in [-0.4, -0.2) is 30.8 Å². The summed E-state index contributed by atoms with van der Waals surface area (Å²) < 4.78 is 28.8. The van der Waals surface area contributed by atoms with Crippen molar-refractivity contribution in [3.63, 3.8) is 0 Å². The Bertz CT molecular complexity index is 649. The van der Waals surface area contributed by atoms with Gasteiger partial charge < -0.3 is 5.73 Å². The molecule has 0 bridgehead atoms. The molecule has 0 aliphatic carbocycles. The molecule has 0 radical (unpaired) electrons. The molecule has 1 heterocycles. The molecule has 1 aromatic carbocycles. The lowest BCUT2D eigenvalue weighted by molar-refractivity contribution is 0.282. The van der Waals surface area contributed by atoms with Gasteiger partial charge in [0.05, 0.1) is 10.7 Å². The van der Waals surface area contributed by atoms with Crippen molar-refractivity contribution in [3.8, 4) is 0 Å². The number of hydrogen-bond acceptors (Lipinski definition) is 3. The van der Waals surface area contributed by atoms with E-state index in [9.17, 15) is 8.42 Å². The standard InChI is InChI=1S/C13H18ClN3O2S2/c1-9-3-2-6-17(8-9)21(18,19)16-12-7-10(13(15)20)4-5-11(12)14/h4-5,7,9,16H,2-3,6,8H2,1H3,(H2,15,20). The molecule has 1 aliphatic rings. The smallest absolute Gasteiger partial charge is 0.301 e. The van der Waals surface area contributed by atoms with Gasteiger partial charge >= 0.3 is 10.2 Å². The molecule has 1 fully saturated rings. The highest BCUT2D eigenvalue weighted by Crippen LogP contribution is 2.26. The van der Waals surface area contributed by atoms with E-state index in [1.807, 2.05) is 6.92 Å². The number of nitrogens with two attached hydrogens (primary N) is 1. The van der Waals surface area contributed by atoms with Crippen LogP contribution in [0.15, 0.2) is 18.2 Å². The van der Waals surface area contributed by atoms with E-state index in [4.69, 9.17) is 29.6 Å². The van der Waals surface area contributed by atoms with Crippen LogP contribution in [0.2, 0.25) is 5.02 Å². The van der Waals surface area contributed by atoms with Crippen molar-refractivity contribution in [1.29, 1.82) is 0 Å². The van der Waals surface area contributed by atoms with Crippen molar-refractivity contribution < 1.29 is 8.42 Å². The summed E-state index contributed by atoms with van der Waals surface area (Å²) in [6.45, 7) is 3.08. The number of anilines is 1. The molecule has 0 aromatic heterocycles. The lowest BCUT2D eigenvalue weighted by Crippen LogP contribution is -2.42. The second-order valence-electron chi connectivity index (χ2n) is 5.27. The first-order valence-electron chi connectivity index (χ1n) is 6.67. The third kappa shape index (κ3) is 4.06. The number of rotatable bonds is 4. The Hall–Kier alpha value is -0.890. The Morgan fingerprint density at radius 1 is 1.52 bits per heavy atom. The van der Waals surface area contributed by atoms with Gasteiger partial charge in [-0.2, -0.15) is 12.7 Å². The van der Waals surface area contributed by atoms with Crippen molar-refractivity contribution in [2.45, 2.75) is 19.8 Å². The Morgan fingerprint density at radius 2 is 2.24 bits per heavy atom. The minimum atomic E-state index is -3.62. The molecule has 0 saturated carbocycles. The van der Waals surface area contributed by atoms with Crippen LogP contribution in [0.4, 0.5) is 5.69 Å². The molecule has 1 unspecified atom stereocenters. The summed E-state index contributed by atoms with van der Waals surface area (Å²) in [6.07, 6.45) is 1.91. The van der Waals surface area contributed by atoms with Crippen molar-refractivity contribution in [3.05, 3.63) is 28.8 Å². The van der Waals surface area contributed by atoms with Crippen molar-refractivity contribution in [2.24, 2.45) is 11.7 Å². The summed E-state index contributed by atoms with van der Waals surface area (Å²) in [5, 5.41) is 0.309. The summed E-state index contributed by atoms with van der Waals surface area (Å²) in [5.41, 5.74) is 6.42. The van der Waals surface area contributed by atoms with Crippen LogP contribution in [0.5, 0.6) is 0 Å². The van der Waals surface area contributed by atoms with Gasteiger partial charge in [0.25, 0.3) is 0 Å². The molecule has 5 nitrogen and oxygen atoms in total. The second-order valence-corrected chi connectivity index (χ2v) is 7.79. The average Bonchev–Trinajstić information content (AvgIpc) is 2.41. The lowest BCUT2D eigenvalue weighted by Gasteiger charge is -2.30. The van der Waals surface area contributed by atoms with Crippen LogP contribution in [-0.2, 0) is 10.2 Å². The molecule has 0 amide bonds. The van der Waals surface area contributed by atoms with E-state index in [-0.39, 0.29) is 4.99 Å². The monoisotopic (exact) mass is 347 g/mol. The summed E-state index contributed by atoms with van der Waals surface area (Å²) in [5.74, 6) is 0.355. The molecule has 3 N–H and O–H groups in total. The van der Waals surface area contributed by atoms with Gasteiger partial charge in [0.15, 0.2) is 0 Å². The number of hydrogen-bond donors (Lipinski definition) is 2. The fraction of sp³-hybridized carbons (Fsp3) is 0.462. The SMILES string of the molecule is CC1CCCN(S(=O)(=O)Nc2cc(C(N)=S)ccc2Cl)C1. The molecule has 1 aliphatic heterocycles. The predicted octanol–water partition coefficient (Wildman–Crippen LogP) is 2.36. The number of piperidine rings is 1. The molecular weight excluding hydrogens is 330 g/mol. The quantitative estimate of drug-likeness (QED) is 0.820. The molecule has 21 heavy (non-hydrogen) atoms. The summed E-state index contributed by atoms with van der Waals surface area (Å²) in [6, 6.07) is 4.79. The van der Waals surface area contributed by atoms with Crippen LogP contribution in [0.3, 0.4) is 0 Å². The van der Waals surface area contributed by atoms with Gasteiger partial charge in [0, 0.05) is 18.7 Å². The molecule has 116 valence electrons. The Kier molecular flexibility index (Phi) is 5.08. The summed E-state index contributed by atoms with van der Waals surface area (Å²) >= 11 is 10.9. The fourth-order valence-electron chi connectivity index (χ4n) is 2.32. The van der Waals surface area contributed by atoms with Crippen LogP contribution in [0, 0.1) is 5.92 Å². The minimum Gasteiger partial charge on any atom is -0.389 e. The van der Waals surface area contributed by atoms with E-state index in [1.165, 1.54) is 4.31 Å². The molecule has 0 spiro atoms. The van der Waals surface area contributed by atoms with Crippen LogP contribution in [0.1, 0.15) is 25.3 Å². The number of benzene rings is 1. The topological polar surface area (TPSA) is 75.4 Å². The molecule has 1 aromatic rings. The van der Waals surface area contributed by atoms with Gasteiger partial charge in [-0.05, 0) is 30.9 Å². The zero-order valence-electron chi connectivity index (χ0n) is 11.7. The molecular formula is C13H18ClN3O2S2. The van der Waals surface area contributed by atoms with E-state index in [1.54, 1.807) is 18.2 Å². The number of thiocarbonyl (C=S) groups is 1. The highest BCUT2D eigenvalue weighted by Gasteiger charge is 2.27. The van der Waals surface area contributed by atoms with Crippen LogP contribution >= 0.6 is 23.8 Å². The molecule has 8 heteroatoms. The average molecular weight is 348 g/mol. The van der Waals surface area contributed by atoms with Crippen molar-refractivity contribution in [1.82, 2.24) is 4.31 Å². The molecule has 1 saturated heterocycles. The molecule has 2 rings (SSSR count). The fourth-order valence-corrected chi connectivity index (χ4v) is 4.07. The summed E-state index contributed by atoms with van der Waals surface area (Å²) in [7, 11) is -3.62. The Morgan fingerprint density at radius 3 is 2.86 bits per heavy atom. The third-order valence-corrected chi connectivity index (χ3v) is 5.50. The van der Waals surface area contributed by atoms with E-state index in [2.05, 4.69) is 4.72 Å². The van der Waals surface area contributed by atoms with E-state index >= 15 is 0 Å². The van der Waals surface area contributed by atoms with Crippen molar-refractivity contribution in [2.75, 3.05) is 17.8 Å². The maximum absolute atomic E-state index is 12.4. The second kappa shape index (κ2) is 6.48. The Balaban J connectivity index is 2.23. The van der Waals surface area contributed by atoms with Gasteiger partial charge in [-0.15, -0.1) is 0 Å². The third-order valence-electron chi connectivity index (χ3n) is 3.45. The zero-order chi connectivity index (χ0) is 15.6. The van der Waals surface area contributed by atoms with Gasteiger partial charge in [0.1, 0.15) is 4.99 Å². The van der Waals surface area contributed by atoms with E-state index in [0.717, 1.165) is 12.8 Å². The summed E-state index contributed by atoms with van der Waals surface area (Å²) in [4.78, 5) is 0.193. The predicted molar refractivity (Wildman–Crippen MR) is 89.9 cm³/mol.